The van der Waals surface area contributed by atoms with Gasteiger partial charge in [-0.3, -0.25) is 14.4 Å². The highest BCUT2D eigenvalue weighted by Gasteiger charge is 2.33. The number of aromatic nitrogens is 2. The number of nitrogens with zero attached hydrogens (tertiary/aromatic N) is 2. The van der Waals surface area contributed by atoms with Gasteiger partial charge < -0.3 is 9.51 Å². The summed E-state index contributed by atoms with van der Waals surface area (Å²) in [5.41, 5.74) is 3.34. The molecule has 3 aliphatic rings. The van der Waals surface area contributed by atoms with Gasteiger partial charge in [0.15, 0.2) is 11.6 Å². The van der Waals surface area contributed by atoms with Gasteiger partial charge in [-0.05, 0) is 87.6 Å². The van der Waals surface area contributed by atoms with Crippen LogP contribution in [0.1, 0.15) is 76.5 Å². The average Bonchev–Trinajstić information content (AvgIpc) is 3.33. The summed E-state index contributed by atoms with van der Waals surface area (Å²) in [5.74, 6) is 0.366. The van der Waals surface area contributed by atoms with Gasteiger partial charge in [-0.15, -0.1) is 0 Å². The highest BCUT2D eigenvalue weighted by Crippen LogP contribution is 2.36. The molecule has 1 fully saturated rings. The fraction of sp³-hybridized carbons (Fsp3) is 0.471. The van der Waals surface area contributed by atoms with Crippen molar-refractivity contribution in [2.75, 3.05) is 0 Å². The Labute approximate surface area is 236 Å². The van der Waals surface area contributed by atoms with Gasteiger partial charge in [-0.1, -0.05) is 43.2 Å². The van der Waals surface area contributed by atoms with E-state index in [1.54, 1.807) is 13.8 Å². The SMILES string of the molecule is CC(C)(O)CC(=O)C1CCCCC1CCCc1ccc2nc(CCC(=O)C3=CC(=O)C4C=CC=CC4=C3)cn2c1. The average molecular weight is 541 g/mol. The molecular weight excluding hydrogens is 500 g/mol. The molecule has 3 aliphatic carbocycles. The third-order valence-electron chi connectivity index (χ3n) is 8.45. The molecule has 2 heterocycles. The smallest absolute Gasteiger partial charge is 0.167 e. The monoisotopic (exact) mass is 540 g/mol. The zero-order valence-corrected chi connectivity index (χ0v) is 23.6. The molecule has 210 valence electrons. The van der Waals surface area contributed by atoms with E-state index in [1.807, 2.05) is 47.0 Å². The van der Waals surface area contributed by atoms with E-state index in [4.69, 9.17) is 4.98 Å². The maximum atomic E-state index is 12.9. The number of carbonyl (C=O) groups excluding carboxylic acids is 3. The second-order valence-electron chi connectivity index (χ2n) is 12.3. The number of Topliss-reactive ketones (excluding diaryl/α,β-unsaturated/α-hetero) is 2. The van der Waals surface area contributed by atoms with Crippen molar-refractivity contribution < 1.29 is 19.5 Å². The Kier molecular flexibility index (Phi) is 8.46. The number of aliphatic hydroxyl groups is 1. The van der Waals surface area contributed by atoms with Gasteiger partial charge in [0.1, 0.15) is 11.4 Å². The Morgan fingerprint density at radius 2 is 1.90 bits per heavy atom. The van der Waals surface area contributed by atoms with Crippen molar-refractivity contribution in [3.8, 4) is 0 Å². The molecule has 0 saturated heterocycles. The van der Waals surface area contributed by atoms with Crippen LogP contribution in [0.15, 0.2) is 72.1 Å². The first-order chi connectivity index (χ1) is 19.2. The van der Waals surface area contributed by atoms with E-state index >= 15 is 0 Å². The first-order valence-electron chi connectivity index (χ1n) is 14.7. The number of imidazole rings is 1. The van der Waals surface area contributed by atoms with Crippen molar-refractivity contribution in [3.05, 3.63) is 83.4 Å². The van der Waals surface area contributed by atoms with Crippen molar-refractivity contribution in [1.29, 1.82) is 0 Å². The van der Waals surface area contributed by atoms with Crippen molar-refractivity contribution in [2.45, 2.75) is 83.7 Å². The Balaban J connectivity index is 1.15. The highest BCUT2D eigenvalue weighted by molar-refractivity contribution is 6.09. The van der Waals surface area contributed by atoms with E-state index in [0.29, 0.717) is 24.3 Å². The minimum Gasteiger partial charge on any atom is -0.390 e. The minimum atomic E-state index is -0.941. The van der Waals surface area contributed by atoms with Gasteiger partial charge in [-0.25, -0.2) is 4.98 Å². The van der Waals surface area contributed by atoms with Crippen molar-refractivity contribution in [3.63, 3.8) is 0 Å². The van der Waals surface area contributed by atoms with Gasteiger partial charge in [0.25, 0.3) is 0 Å². The second kappa shape index (κ2) is 12.0. The summed E-state index contributed by atoms with van der Waals surface area (Å²) in [6.07, 6.45) is 23.3. The Bertz CT molecular complexity index is 1420. The molecule has 5 rings (SSSR count). The molecule has 3 atom stereocenters. The number of pyridine rings is 1. The molecule has 0 spiro atoms. The molecule has 2 aromatic heterocycles. The lowest BCUT2D eigenvalue weighted by Gasteiger charge is -2.32. The highest BCUT2D eigenvalue weighted by atomic mass is 16.3. The largest absolute Gasteiger partial charge is 0.390 e. The lowest BCUT2D eigenvalue weighted by Crippen LogP contribution is -2.33. The fourth-order valence-electron chi connectivity index (χ4n) is 6.43. The third kappa shape index (κ3) is 6.84. The van der Waals surface area contributed by atoms with Gasteiger partial charge in [0, 0.05) is 36.7 Å². The van der Waals surface area contributed by atoms with Crippen LogP contribution in [0.5, 0.6) is 0 Å². The van der Waals surface area contributed by atoms with Crippen LogP contribution in [-0.4, -0.2) is 37.4 Å². The van der Waals surface area contributed by atoms with E-state index in [0.717, 1.165) is 55.4 Å². The zero-order chi connectivity index (χ0) is 28.3. The molecule has 40 heavy (non-hydrogen) atoms. The molecular formula is C34H40N2O4. The van der Waals surface area contributed by atoms with E-state index in [2.05, 4.69) is 12.3 Å². The van der Waals surface area contributed by atoms with E-state index in [9.17, 15) is 19.5 Å². The van der Waals surface area contributed by atoms with E-state index in [-0.39, 0.29) is 35.6 Å². The van der Waals surface area contributed by atoms with Crippen molar-refractivity contribution in [2.24, 2.45) is 17.8 Å². The topological polar surface area (TPSA) is 88.7 Å². The molecule has 2 aromatic rings. The van der Waals surface area contributed by atoms with Crippen LogP contribution in [0, 0.1) is 17.8 Å². The fourth-order valence-corrected chi connectivity index (χ4v) is 6.43. The summed E-state index contributed by atoms with van der Waals surface area (Å²) in [4.78, 5) is 42.8. The van der Waals surface area contributed by atoms with Crippen LogP contribution in [0.4, 0.5) is 0 Å². The van der Waals surface area contributed by atoms with Crippen molar-refractivity contribution >= 4 is 23.0 Å². The zero-order valence-electron chi connectivity index (χ0n) is 23.6. The number of fused-ring (bicyclic) bond motifs is 2. The molecule has 0 bridgehead atoms. The van der Waals surface area contributed by atoms with Gasteiger partial charge >= 0.3 is 0 Å². The summed E-state index contributed by atoms with van der Waals surface area (Å²) in [7, 11) is 0. The molecule has 0 amide bonds. The van der Waals surface area contributed by atoms with Crippen LogP contribution in [0.3, 0.4) is 0 Å². The maximum absolute atomic E-state index is 12.9. The summed E-state index contributed by atoms with van der Waals surface area (Å²) < 4.78 is 2.03. The molecule has 0 aromatic carbocycles. The molecule has 0 radical (unpaired) electrons. The molecule has 3 unspecified atom stereocenters. The van der Waals surface area contributed by atoms with E-state index in [1.165, 1.54) is 18.1 Å². The number of carbonyl (C=O) groups is 3. The lowest BCUT2D eigenvalue weighted by molar-refractivity contribution is -0.129. The first-order valence-corrected chi connectivity index (χ1v) is 14.7. The standard InChI is InChI=1S/C34H40N2O4/c1-34(2,40)20-32(39)28-12-5-3-9-24(28)11-7-8-23-14-17-33-35-27(22-36(33)21-23)15-16-30(37)26-18-25-10-4-6-13-29(25)31(38)19-26/h4,6,10,13-14,17-19,21-22,24,28-29,40H,3,5,7-9,11-12,15-16,20H2,1-2H3. The minimum absolute atomic E-state index is 0.0398. The van der Waals surface area contributed by atoms with Crippen LogP contribution in [0.2, 0.25) is 0 Å². The van der Waals surface area contributed by atoms with Gasteiger partial charge in [0.05, 0.1) is 17.2 Å². The number of hydrogen-bond donors (Lipinski definition) is 1. The predicted molar refractivity (Wildman–Crippen MR) is 156 cm³/mol. The Hall–Kier alpha value is -3.38. The molecule has 6 nitrogen and oxygen atoms in total. The number of hydrogen-bond acceptors (Lipinski definition) is 5. The van der Waals surface area contributed by atoms with Gasteiger partial charge in [0.2, 0.25) is 0 Å². The van der Waals surface area contributed by atoms with Crippen LogP contribution in [0.25, 0.3) is 5.65 Å². The van der Waals surface area contributed by atoms with Crippen molar-refractivity contribution in [1.82, 2.24) is 9.38 Å². The third-order valence-corrected chi connectivity index (χ3v) is 8.45. The molecule has 6 heteroatoms. The van der Waals surface area contributed by atoms with Crippen LogP contribution < -0.4 is 0 Å². The van der Waals surface area contributed by atoms with Crippen LogP contribution in [-0.2, 0) is 27.2 Å². The second-order valence-corrected chi connectivity index (χ2v) is 12.3. The van der Waals surface area contributed by atoms with Gasteiger partial charge in [-0.2, -0.15) is 0 Å². The number of ketones is 3. The Morgan fingerprint density at radius 1 is 1.07 bits per heavy atom. The number of aryl methyl sites for hydroxylation is 2. The summed E-state index contributed by atoms with van der Waals surface area (Å²) >= 11 is 0. The number of rotatable bonds is 11. The molecule has 0 aliphatic heterocycles. The predicted octanol–water partition coefficient (Wildman–Crippen LogP) is 5.87. The van der Waals surface area contributed by atoms with E-state index < -0.39 is 5.60 Å². The van der Waals surface area contributed by atoms with Crippen LogP contribution >= 0.6 is 0 Å². The molecule has 1 N–H and O–H groups in total. The maximum Gasteiger partial charge on any atom is 0.167 e. The lowest BCUT2D eigenvalue weighted by atomic mass is 9.73. The Morgan fingerprint density at radius 3 is 2.73 bits per heavy atom. The first kappa shape index (κ1) is 28.2. The normalized spacial score (nSPS) is 22.7. The number of allylic oxidation sites excluding steroid dienone is 8. The summed E-state index contributed by atoms with van der Waals surface area (Å²) in [6.45, 7) is 3.43. The summed E-state index contributed by atoms with van der Waals surface area (Å²) in [6, 6.07) is 4.13. The summed E-state index contributed by atoms with van der Waals surface area (Å²) in [5, 5.41) is 10.1. The quantitative estimate of drug-likeness (QED) is 0.385. The molecule has 1 saturated carbocycles.